The molecular formula is C17H64. The van der Waals surface area contributed by atoms with Gasteiger partial charge in [0.25, 0.3) is 0 Å². The second-order valence-corrected chi connectivity index (χ2v) is 0.707. The van der Waals surface area contributed by atoms with Crippen LogP contribution < -0.4 is 0 Å². The second-order valence-electron chi connectivity index (χ2n) is 0.707. The van der Waals surface area contributed by atoms with Gasteiger partial charge in [0.05, 0.1) is 0 Å². The van der Waals surface area contributed by atoms with Crippen molar-refractivity contribution in [2.45, 2.75) is 124 Å². The summed E-state index contributed by atoms with van der Waals surface area (Å²) in [7, 11) is 0. The molecule has 17 heavy (non-hydrogen) atoms. The Hall–Kier alpha value is 0. The van der Waals surface area contributed by atoms with Crippen molar-refractivity contribution in [2.75, 3.05) is 0 Å². The number of hydrogen-bond acceptors (Lipinski definition) is 0. The number of hydrogen-bond donors (Lipinski definition) is 0. The van der Waals surface area contributed by atoms with Crippen LogP contribution >= 0.6 is 0 Å². The standard InChI is InChI=1S/C3H8.14CH4/c1-3-2;;;;;;;;;;;;;;/h3H2,1-2H3;14*1H4. The van der Waals surface area contributed by atoms with E-state index in [0.717, 1.165) is 0 Å². The largest absolute Gasteiger partial charge is 0.0776 e. The fourth-order valence-corrected chi connectivity index (χ4v) is 0. The van der Waals surface area contributed by atoms with Crippen LogP contribution in [0.25, 0.3) is 0 Å². The molecule has 0 spiro atoms. The third-order valence-corrected chi connectivity index (χ3v) is 0. The second kappa shape index (κ2) is 3600. The Labute approximate surface area is 125 Å². The average Bonchev–Trinajstić information content (AvgIpc) is 0.918. The van der Waals surface area contributed by atoms with E-state index in [1.54, 1.807) is 0 Å². The molecule has 0 atom stereocenters. The first kappa shape index (κ1) is 1090. The molecule has 0 aromatic carbocycles. The molecule has 0 unspecified atom stereocenters. The zero-order chi connectivity index (χ0) is 2.71. The molecule has 0 N–H and O–H groups in total. The summed E-state index contributed by atoms with van der Waals surface area (Å²) in [4.78, 5) is 0. The van der Waals surface area contributed by atoms with E-state index < -0.39 is 0 Å². The van der Waals surface area contributed by atoms with Crippen molar-refractivity contribution in [1.82, 2.24) is 0 Å². The Kier molecular flexibility index (Phi) is 230000. The van der Waals surface area contributed by atoms with Crippen LogP contribution in [-0.2, 0) is 0 Å². The highest BCUT2D eigenvalue weighted by Gasteiger charge is 1.35. The van der Waals surface area contributed by atoms with Gasteiger partial charge in [-0.05, 0) is 0 Å². The smallest absolute Gasteiger partial charge is 0.0590 e. The van der Waals surface area contributed by atoms with Crippen molar-refractivity contribution in [1.29, 1.82) is 0 Å². The summed E-state index contributed by atoms with van der Waals surface area (Å²) in [6.07, 6.45) is 1.25. The highest BCUT2D eigenvalue weighted by molar-refractivity contribution is 3.92. The minimum atomic E-state index is 0. The lowest BCUT2D eigenvalue weighted by molar-refractivity contribution is 1.09. The summed E-state index contributed by atoms with van der Waals surface area (Å²) >= 11 is 0. The molecule has 0 aromatic rings. The van der Waals surface area contributed by atoms with Gasteiger partial charge in [0.15, 0.2) is 0 Å². The van der Waals surface area contributed by atoms with E-state index in [9.17, 15) is 0 Å². The summed E-state index contributed by atoms with van der Waals surface area (Å²) in [5, 5.41) is 0. The third-order valence-electron chi connectivity index (χ3n) is 0. The molecular weight excluding hydrogens is 204 g/mol. The molecule has 0 amide bonds. The van der Waals surface area contributed by atoms with E-state index in [2.05, 4.69) is 13.8 Å². The van der Waals surface area contributed by atoms with Gasteiger partial charge in [-0.25, -0.2) is 0 Å². The van der Waals surface area contributed by atoms with Crippen molar-refractivity contribution in [3.8, 4) is 0 Å². The van der Waals surface area contributed by atoms with E-state index in [1.807, 2.05) is 0 Å². The molecule has 0 rings (SSSR count). The van der Waals surface area contributed by atoms with Crippen LogP contribution in [0.5, 0.6) is 0 Å². The predicted octanol–water partition coefficient (Wildman–Crippen LogP) is 10.3. The summed E-state index contributed by atoms with van der Waals surface area (Å²) in [5.74, 6) is 0. The van der Waals surface area contributed by atoms with Gasteiger partial charge < -0.3 is 0 Å². The van der Waals surface area contributed by atoms with E-state index in [4.69, 9.17) is 0 Å². The summed E-state index contributed by atoms with van der Waals surface area (Å²) in [5.41, 5.74) is 0. The first-order valence-corrected chi connectivity index (χ1v) is 1.41. The van der Waals surface area contributed by atoms with Crippen molar-refractivity contribution in [2.24, 2.45) is 0 Å². The SMILES string of the molecule is C.C.C.C.C.C.C.C.C.C.C.C.C.C.CCC. The molecule has 0 saturated carbocycles. The summed E-state index contributed by atoms with van der Waals surface area (Å²) in [6.45, 7) is 4.25. The molecule has 0 nitrogen and oxygen atoms in total. The molecule has 0 heterocycles. The molecule has 0 radical (unpaired) electrons. The molecule has 0 aliphatic heterocycles. The van der Waals surface area contributed by atoms with Crippen LogP contribution in [0.3, 0.4) is 0 Å². The van der Waals surface area contributed by atoms with Crippen molar-refractivity contribution in [3.63, 3.8) is 0 Å². The van der Waals surface area contributed by atoms with Gasteiger partial charge in [-0.2, -0.15) is 0 Å². The van der Waals surface area contributed by atoms with Gasteiger partial charge in [-0.1, -0.05) is 124 Å². The van der Waals surface area contributed by atoms with Crippen molar-refractivity contribution in [3.05, 3.63) is 0 Å². The van der Waals surface area contributed by atoms with Gasteiger partial charge in [-0.15, -0.1) is 0 Å². The fourth-order valence-electron chi connectivity index (χ4n) is 0. The van der Waals surface area contributed by atoms with Crippen LogP contribution in [0.1, 0.15) is 124 Å². The van der Waals surface area contributed by atoms with Crippen LogP contribution in [0.2, 0.25) is 0 Å². The molecule has 0 heteroatoms. The summed E-state index contributed by atoms with van der Waals surface area (Å²) < 4.78 is 0. The van der Waals surface area contributed by atoms with Crippen LogP contribution in [0.15, 0.2) is 0 Å². The van der Waals surface area contributed by atoms with Crippen LogP contribution in [0, 0.1) is 0 Å². The lowest BCUT2D eigenvalue weighted by atomic mass is 10.6. The maximum absolute atomic E-state index is 2.12. The van der Waals surface area contributed by atoms with E-state index in [1.165, 1.54) is 6.42 Å². The first-order chi connectivity index (χ1) is 1.41. The monoisotopic (exact) mass is 269 g/mol. The van der Waals surface area contributed by atoms with Crippen LogP contribution in [0.4, 0.5) is 0 Å². The quantitative estimate of drug-likeness (QED) is 0.410. The highest BCUT2D eigenvalue weighted by Crippen LogP contribution is 1.56. The maximum atomic E-state index is 2.12. The van der Waals surface area contributed by atoms with Crippen molar-refractivity contribution < 1.29 is 0 Å². The molecule has 0 aliphatic carbocycles. The molecule has 0 aromatic heterocycles. The van der Waals surface area contributed by atoms with Gasteiger partial charge in [0.1, 0.15) is 0 Å². The van der Waals surface area contributed by atoms with E-state index in [-0.39, 0.29) is 104 Å². The Morgan fingerprint density at radius 3 is 0.294 bits per heavy atom. The van der Waals surface area contributed by atoms with E-state index in [0.29, 0.717) is 0 Å². The zero-order valence-electron chi connectivity index (χ0n) is 2.71. The minimum Gasteiger partial charge on any atom is -0.0776 e. The minimum absolute atomic E-state index is 0. The van der Waals surface area contributed by atoms with Gasteiger partial charge >= 0.3 is 0 Å². The Bertz CT molecular complexity index is 0. The molecule has 0 saturated heterocycles. The van der Waals surface area contributed by atoms with Crippen LogP contribution in [-0.4, -0.2) is 0 Å². The van der Waals surface area contributed by atoms with Gasteiger partial charge in [0.2, 0.25) is 0 Å². The highest BCUT2D eigenvalue weighted by atomic mass is 13.4. The average molecular weight is 269 g/mol. The Morgan fingerprint density at radius 2 is 0.294 bits per heavy atom. The first-order valence-electron chi connectivity index (χ1n) is 1.41. The number of rotatable bonds is 0. The fraction of sp³-hybridized carbons (Fsp3) is 1.00. The topological polar surface area (TPSA) is 0 Å². The Morgan fingerprint density at radius 1 is 0.294 bits per heavy atom. The van der Waals surface area contributed by atoms with Crippen molar-refractivity contribution >= 4 is 0 Å². The summed E-state index contributed by atoms with van der Waals surface area (Å²) in [6, 6.07) is 0. The lowest BCUT2D eigenvalue weighted by Gasteiger charge is -1.48. The maximum Gasteiger partial charge on any atom is -0.0590 e. The zero-order valence-corrected chi connectivity index (χ0v) is 2.71. The van der Waals surface area contributed by atoms with E-state index >= 15 is 0 Å². The molecule has 0 fully saturated rings. The third kappa shape index (κ3) is 0. The lowest BCUT2D eigenvalue weighted by Crippen LogP contribution is -1.27. The molecule has 0 aliphatic rings. The molecule has 0 bridgehead atoms. The predicted molar refractivity (Wildman–Crippen MR) is 110 cm³/mol. The molecule has 132 valence electrons. The normalized spacial score (nSPS) is 1.06. The van der Waals surface area contributed by atoms with Gasteiger partial charge in [-0.3, -0.25) is 0 Å². The Balaban J connectivity index is -0.000000000220. The van der Waals surface area contributed by atoms with Gasteiger partial charge in [0, 0.05) is 0 Å².